The summed E-state index contributed by atoms with van der Waals surface area (Å²) in [7, 11) is 3.03. The highest BCUT2D eigenvalue weighted by molar-refractivity contribution is 7.07. The quantitative estimate of drug-likeness (QED) is 0.294. The smallest absolute Gasteiger partial charge is 0.338 e. The molecule has 10 nitrogen and oxygen atoms in total. The van der Waals surface area contributed by atoms with Gasteiger partial charge in [0.25, 0.3) is 5.56 Å². The van der Waals surface area contributed by atoms with E-state index in [-0.39, 0.29) is 23.3 Å². The summed E-state index contributed by atoms with van der Waals surface area (Å²) in [5.74, 6) is -0.112. The molecule has 0 bridgehead atoms. The first-order valence-electron chi connectivity index (χ1n) is 12.6. The number of thiazole rings is 1. The second kappa shape index (κ2) is 11.3. The predicted molar refractivity (Wildman–Crippen MR) is 148 cm³/mol. The van der Waals surface area contributed by atoms with Crippen LogP contribution in [0.25, 0.3) is 17.4 Å². The van der Waals surface area contributed by atoms with E-state index in [1.807, 2.05) is 0 Å². The first kappa shape index (κ1) is 27.7. The molecule has 3 heterocycles. The molecule has 11 heteroatoms. The minimum absolute atomic E-state index is 0.0247. The Morgan fingerprint density at radius 1 is 1.10 bits per heavy atom. The molecule has 0 fully saturated rings. The third-order valence-corrected chi connectivity index (χ3v) is 7.51. The number of allylic oxidation sites excluding steroid dienone is 1. The van der Waals surface area contributed by atoms with Crippen LogP contribution in [0.2, 0.25) is 0 Å². The molecule has 0 radical (unpaired) electrons. The normalized spacial score (nSPS) is 14.8. The van der Waals surface area contributed by atoms with Crippen molar-refractivity contribution in [3.05, 3.63) is 102 Å². The van der Waals surface area contributed by atoms with Crippen molar-refractivity contribution in [2.45, 2.75) is 19.9 Å². The van der Waals surface area contributed by atoms with Crippen LogP contribution in [0.15, 0.2) is 80.1 Å². The molecule has 0 spiro atoms. The van der Waals surface area contributed by atoms with Gasteiger partial charge in [0.05, 0.1) is 48.6 Å². The van der Waals surface area contributed by atoms with Gasteiger partial charge < -0.3 is 28.5 Å². The van der Waals surface area contributed by atoms with Gasteiger partial charge in [0.2, 0.25) is 0 Å². The summed E-state index contributed by atoms with van der Waals surface area (Å²) >= 11 is 1.16. The summed E-state index contributed by atoms with van der Waals surface area (Å²) in [4.78, 5) is 43.2. The lowest BCUT2D eigenvalue weighted by atomic mass is 9.95. The standard InChI is InChI=1S/C30H26N2O8S/c1-5-39-29(36)25-16(2)31-30-32(26(25)18-9-11-22(37-3)23(14-18)38-4)27(33)24(41-30)15-20-10-12-21(40-20)17-7-6-8-19(13-17)28(34)35/h6-15,26H,5H2,1-4H3,(H,34,35)/p-1/b24-15-/t26-/m0/s1. The lowest BCUT2D eigenvalue weighted by Gasteiger charge is -2.25. The summed E-state index contributed by atoms with van der Waals surface area (Å²) in [6.07, 6.45) is 1.59. The van der Waals surface area contributed by atoms with Crippen molar-refractivity contribution in [2.24, 2.45) is 4.99 Å². The molecular weight excluding hydrogens is 548 g/mol. The summed E-state index contributed by atoms with van der Waals surface area (Å²) < 4.78 is 23.9. The Hall–Kier alpha value is -4.90. The number of nitrogens with zero attached hydrogens (tertiary/aromatic N) is 2. The van der Waals surface area contributed by atoms with Crippen LogP contribution in [-0.4, -0.2) is 37.3 Å². The monoisotopic (exact) mass is 573 g/mol. The maximum Gasteiger partial charge on any atom is 0.338 e. The fourth-order valence-electron chi connectivity index (χ4n) is 4.64. The van der Waals surface area contributed by atoms with E-state index in [0.717, 1.165) is 11.3 Å². The molecule has 4 aromatic rings. The zero-order valence-corrected chi connectivity index (χ0v) is 23.4. The number of esters is 1. The van der Waals surface area contributed by atoms with Crippen molar-refractivity contribution in [3.63, 3.8) is 0 Å². The SMILES string of the molecule is CCOC(=O)C1=C(C)N=c2s/c(=C\c3ccc(-c4cccc(C(=O)[O-])c4)o3)c(=O)n2[C@H]1c1ccc(OC)c(OC)c1. The highest BCUT2D eigenvalue weighted by Crippen LogP contribution is 2.36. The molecule has 2 aromatic heterocycles. The van der Waals surface area contributed by atoms with E-state index < -0.39 is 18.0 Å². The van der Waals surface area contributed by atoms with Crippen LogP contribution in [0.1, 0.15) is 41.6 Å². The molecule has 0 amide bonds. The summed E-state index contributed by atoms with van der Waals surface area (Å²) in [6.45, 7) is 3.57. The Morgan fingerprint density at radius 3 is 2.59 bits per heavy atom. The number of carboxylic acids is 1. The molecule has 0 saturated carbocycles. The van der Waals surface area contributed by atoms with E-state index in [2.05, 4.69) is 4.99 Å². The Bertz CT molecular complexity index is 1880. The zero-order valence-electron chi connectivity index (χ0n) is 22.6. The van der Waals surface area contributed by atoms with Gasteiger partial charge in [-0.1, -0.05) is 35.6 Å². The molecule has 5 rings (SSSR count). The van der Waals surface area contributed by atoms with Gasteiger partial charge in [-0.3, -0.25) is 9.36 Å². The van der Waals surface area contributed by atoms with Gasteiger partial charge in [0.1, 0.15) is 11.5 Å². The van der Waals surface area contributed by atoms with E-state index in [9.17, 15) is 19.5 Å². The van der Waals surface area contributed by atoms with Crippen LogP contribution in [0, 0.1) is 0 Å². The van der Waals surface area contributed by atoms with Crippen LogP contribution in [0.5, 0.6) is 11.5 Å². The molecule has 210 valence electrons. The van der Waals surface area contributed by atoms with Crippen LogP contribution in [0.4, 0.5) is 0 Å². The Balaban J connectivity index is 1.64. The first-order chi connectivity index (χ1) is 19.7. The van der Waals surface area contributed by atoms with Crippen molar-refractivity contribution in [1.82, 2.24) is 4.57 Å². The van der Waals surface area contributed by atoms with Crippen molar-refractivity contribution < 1.29 is 33.3 Å². The van der Waals surface area contributed by atoms with Crippen LogP contribution >= 0.6 is 11.3 Å². The number of hydrogen-bond donors (Lipinski definition) is 0. The second-order valence-electron chi connectivity index (χ2n) is 8.99. The number of benzene rings is 2. The lowest BCUT2D eigenvalue weighted by Crippen LogP contribution is -2.39. The van der Waals surface area contributed by atoms with Gasteiger partial charge in [-0.25, -0.2) is 9.79 Å². The van der Waals surface area contributed by atoms with Gasteiger partial charge in [-0.2, -0.15) is 0 Å². The molecule has 0 N–H and O–H groups in total. The van der Waals surface area contributed by atoms with Gasteiger partial charge in [-0.05, 0) is 55.3 Å². The molecule has 1 aliphatic heterocycles. The summed E-state index contributed by atoms with van der Waals surface area (Å²) in [5, 5.41) is 11.2. The summed E-state index contributed by atoms with van der Waals surface area (Å²) in [5.41, 5.74) is 1.49. The summed E-state index contributed by atoms with van der Waals surface area (Å²) in [6, 6.07) is 13.9. The minimum Gasteiger partial charge on any atom is -0.545 e. The number of rotatable bonds is 8. The highest BCUT2D eigenvalue weighted by Gasteiger charge is 2.34. The number of fused-ring (bicyclic) bond motifs is 1. The number of methoxy groups -OCH3 is 2. The molecule has 0 saturated heterocycles. The molecule has 41 heavy (non-hydrogen) atoms. The number of carbonyl (C=O) groups excluding carboxylic acids is 2. The molecule has 0 aliphatic carbocycles. The van der Waals surface area contributed by atoms with E-state index in [1.54, 1.807) is 62.4 Å². The topological polar surface area (TPSA) is 132 Å². The van der Waals surface area contributed by atoms with E-state index >= 15 is 0 Å². The number of aromatic carboxylic acids is 1. The molecule has 1 atom stereocenters. The van der Waals surface area contributed by atoms with Gasteiger partial charge in [0, 0.05) is 11.6 Å². The van der Waals surface area contributed by atoms with Crippen molar-refractivity contribution >= 4 is 29.4 Å². The highest BCUT2D eigenvalue weighted by atomic mass is 32.1. The third-order valence-electron chi connectivity index (χ3n) is 6.52. The Morgan fingerprint density at radius 2 is 1.88 bits per heavy atom. The fraction of sp³-hybridized carbons (Fsp3) is 0.200. The zero-order chi connectivity index (χ0) is 29.3. The number of hydrogen-bond acceptors (Lipinski definition) is 10. The number of furan rings is 1. The Labute approximate surface area is 238 Å². The van der Waals surface area contributed by atoms with Crippen molar-refractivity contribution in [1.29, 1.82) is 0 Å². The van der Waals surface area contributed by atoms with E-state index in [4.69, 9.17) is 18.6 Å². The van der Waals surface area contributed by atoms with Crippen LogP contribution < -0.4 is 29.5 Å². The van der Waals surface area contributed by atoms with E-state index in [1.165, 1.54) is 30.9 Å². The number of aromatic nitrogens is 1. The molecular formula is C30H25N2O8S-. The molecule has 2 aromatic carbocycles. The fourth-order valence-corrected chi connectivity index (χ4v) is 5.67. The third kappa shape index (κ3) is 5.19. The van der Waals surface area contributed by atoms with Gasteiger partial charge in [0.15, 0.2) is 16.3 Å². The number of ether oxygens (including phenoxy) is 3. The molecule has 1 aliphatic rings. The lowest BCUT2D eigenvalue weighted by molar-refractivity contribution is -0.255. The van der Waals surface area contributed by atoms with Crippen molar-refractivity contribution in [2.75, 3.05) is 20.8 Å². The average molecular weight is 574 g/mol. The maximum absolute atomic E-state index is 13.8. The van der Waals surface area contributed by atoms with Crippen LogP contribution in [-0.2, 0) is 9.53 Å². The van der Waals surface area contributed by atoms with Crippen molar-refractivity contribution in [3.8, 4) is 22.8 Å². The number of carboxylic acid groups (broad SMARTS) is 1. The minimum atomic E-state index is -1.29. The first-order valence-corrected chi connectivity index (χ1v) is 13.4. The second-order valence-corrected chi connectivity index (χ2v) is 10.00. The van der Waals surface area contributed by atoms with Crippen LogP contribution in [0.3, 0.4) is 0 Å². The Kier molecular flexibility index (Phi) is 7.62. The average Bonchev–Trinajstić information content (AvgIpc) is 3.56. The largest absolute Gasteiger partial charge is 0.545 e. The van der Waals surface area contributed by atoms with E-state index in [0.29, 0.717) is 49.2 Å². The molecule has 0 unspecified atom stereocenters. The maximum atomic E-state index is 13.8. The van der Waals surface area contributed by atoms with Gasteiger partial charge in [-0.15, -0.1) is 0 Å². The predicted octanol–water partition coefficient (Wildman–Crippen LogP) is 2.44. The number of carbonyl (C=O) groups is 2. The van der Waals surface area contributed by atoms with Gasteiger partial charge >= 0.3 is 5.97 Å².